The number of aryl methyl sites for hydroxylation is 1. The zero-order valence-electron chi connectivity index (χ0n) is 15.1. The second-order valence-corrected chi connectivity index (χ2v) is 8.82. The molecule has 0 amide bonds. The smallest absolute Gasteiger partial charge is 0.330 e. The van der Waals surface area contributed by atoms with E-state index in [1.165, 1.54) is 22.6 Å². The second-order valence-electron chi connectivity index (χ2n) is 6.92. The average Bonchev–Trinajstić information content (AvgIpc) is 2.47. The lowest BCUT2D eigenvalue weighted by atomic mass is 10.2. The van der Waals surface area contributed by atoms with Crippen molar-refractivity contribution in [3.8, 4) is 0 Å². The first-order chi connectivity index (χ1) is 11.1. The number of nitrogens with one attached hydrogen (secondary N) is 1. The van der Waals surface area contributed by atoms with E-state index in [-0.39, 0.29) is 16.0 Å². The van der Waals surface area contributed by atoms with Crippen molar-refractivity contribution in [2.75, 3.05) is 5.32 Å². The summed E-state index contributed by atoms with van der Waals surface area (Å²) in [4.78, 5) is 25.0. The minimum atomic E-state index is -0.312. The lowest BCUT2D eigenvalue weighted by molar-refractivity contribution is 0.655. The van der Waals surface area contributed by atoms with Crippen molar-refractivity contribution >= 4 is 17.4 Å². The van der Waals surface area contributed by atoms with Crippen molar-refractivity contribution in [2.45, 2.75) is 43.9 Å². The van der Waals surface area contributed by atoms with Gasteiger partial charge in [-0.25, -0.2) is 4.79 Å². The van der Waals surface area contributed by atoms with Crippen LogP contribution in [-0.2, 0) is 20.6 Å². The molecule has 0 aliphatic rings. The Morgan fingerprint density at radius 3 is 2.33 bits per heavy atom. The predicted molar refractivity (Wildman–Crippen MR) is 101 cm³/mol. The highest BCUT2D eigenvalue weighted by molar-refractivity contribution is 8.00. The monoisotopic (exact) mass is 347 g/mol. The maximum Gasteiger partial charge on any atom is 0.330 e. The standard InChI is InChI=1S/C18H25N3O2S/c1-12-9-14(24-18(2,3)4)7-8-15(12)19-11-13-10-16(22)21(6)17(23)20(13)5/h7-10,19H,11H2,1-6H3. The quantitative estimate of drug-likeness (QED) is 0.864. The van der Waals surface area contributed by atoms with Crippen molar-refractivity contribution in [1.82, 2.24) is 9.13 Å². The van der Waals surface area contributed by atoms with E-state index in [1.807, 2.05) is 17.8 Å². The van der Waals surface area contributed by atoms with Crippen LogP contribution in [0.5, 0.6) is 0 Å². The molecule has 1 N–H and O–H groups in total. The highest BCUT2D eigenvalue weighted by atomic mass is 32.2. The van der Waals surface area contributed by atoms with Crippen molar-refractivity contribution in [1.29, 1.82) is 0 Å². The fourth-order valence-electron chi connectivity index (χ4n) is 2.39. The summed E-state index contributed by atoms with van der Waals surface area (Å²) in [5.41, 5.74) is 2.20. The molecule has 0 saturated heterocycles. The highest BCUT2D eigenvalue weighted by Gasteiger charge is 2.13. The molecule has 130 valence electrons. The molecule has 0 saturated carbocycles. The lowest BCUT2D eigenvalue weighted by Gasteiger charge is -2.19. The van der Waals surface area contributed by atoms with Gasteiger partial charge in [-0.2, -0.15) is 0 Å². The topological polar surface area (TPSA) is 56.0 Å². The molecule has 5 nitrogen and oxygen atoms in total. The van der Waals surface area contributed by atoms with Gasteiger partial charge in [0.25, 0.3) is 5.56 Å². The molecule has 0 unspecified atom stereocenters. The van der Waals surface area contributed by atoms with Crippen LogP contribution < -0.4 is 16.6 Å². The van der Waals surface area contributed by atoms with E-state index in [4.69, 9.17) is 0 Å². The molecular weight excluding hydrogens is 322 g/mol. The van der Waals surface area contributed by atoms with Crippen molar-refractivity contribution < 1.29 is 0 Å². The zero-order chi connectivity index (χ0) is 18.1. The first kappa shape index (κ1) is 18.4. The summed E-state index contributed by atoms with van der Waals surface area (Å²) in [6.07, 6.45) is 0. The summed E-state index contributed by atoms with van der Waals surface area (Å²) < 4.78 is 2.77. The Labute approximate surface area is 146 Å². The first-order valence-electron chi connectivity index (χ1n) is 7.88. The molecule has 0 spiro atoms. The van der Waals surface area contributed by atoms with Crippen LogP contribution in [-0.4, -0.2) is 13.9 Å². The number of rotatable bonds is 4. The Bertz CT molecular complexity index is 860. The third-order valence-electron chi connectivity index (χ3n) is 3.71. The van der Waals surface area contributed by atoms with Gasteiger partial charge in [-0.1, -0.05) is 20.8 Å². The molecular formula is C18H25N3O2S. The maximum atomic E-state index is 12.0. The minimum Gasteiger partial charge on any atom is -0.379 e. The van der Waals surface area contributed by atoms with Crippen molar-refractivity contribution in [3.63, 3.8) is 0 Å². The molecule has 6 heteroatoms. The summed E-state index contributed by atoms with van der Waals surface area (Å²) in [7, 11) is 3.16. The van der Waals surface area contributed by atoms with Gasteiger partial charge in [0, 0.05) is 41.2 Å². The van der Waals surface area contributed by atoms with Crippen LogP contribution in [0.4, 0.5) is 5.69 Å². The van der Waals surface area contributed by atoms with Crippen LogP contribution >= 0.6 is 11.8 Å². The van der Waals surface area contributed by atoms with E-state index in [0.717, 1.165) is 15.8 Å². The van der Waals surface area contributed by atoms with Gasteiger partial charge in [0.15, 0.2) is 0 Å². The Kier molecular flexibility index (Phi) is 5.28. The highest BCUT2D eigenvalue weighted by Crippen LogP contribution is 2.33. The normalized spacial score (nSPS) is 11.6. The van der Waals surface area contributed by atoms with Crippen LogP contribution in [0.25, 0.3) is 0 Å². The molecule has 0 bridgehead atoms. The zero-order valence-corrected chi connectivity index (χ0v) is 16.0. The van der Waals surface area contributed by atoms with Crippen LogP contribution in [0.2, 0.25) is 0 Å². The lowest BCUT2D eigenvalue weighted by Crippen LogP contribution is -2.38. The number of benzene rings is 1. The Balaban J connectivity index is 2.19. The van der Waals surface area contributed by atoms with Gasteiger partial charge in [0.05, 0.1) is 6.54 Å². The van der Waals surface area contributed by atoms with Crippen LogP contribution in [0, 0.1) is 6.92 Å². The fourth-order valence-corrected chi connectivity index (χ4v) is 3.46. The van der Waals surface area contributed by atoms with Crippen LogP contribution in [0.1, 0.15) is 32.0 Å². The number of aromatic nitrogens is 2. The molecule has 1 aromatic heterocycles. The fraction of sp³-hybridized carbons (Fsp3) is 0.444. The van der Waals surface area contributed by atoms with Gasteiger partial charge in [-0.05, 0) is 30.7 Å². The summed E-state index contributed by atoms with van der Waals surface area (Å²) in [6, 6.07) is 7.78. The third kappa shape index (κ3) is 4.32. The SMILES string of the molecule is Cc1cc(SC(C)(C)C)ccc1NCc1cc(=O)n(C)c(=O)n1C. The van der Waals surface area contributed by atoms with Gasteiger partial charge < -0.3 is 5.32 Å². The summed E-state index contributed by atoms with van der Waals surface area (Å²) in [5, 5.41) is 3.32. The maximum absolute atomic E-state index is 12.0. The van der Waals surface area contributed by atoms with Gasteiger partial charge >= 0.3 is 5.69 Å². The predicted octanol–water partition coefficient (Wildman–Crippen LogP) is 2.90. The Hall–Kier alpha value is -1.95. The van der Waals surface area contributed by atoms with E-state index in [9.17, 15) is 9.59 Å². The number of hydrogen-bond donors (Lipinski definition) is 1. The first-order valence-corrected chi connectivity index (χ1v) is 8.69. The third-order valence-corrected chi connectivity index (χ3v) is 4.81. The Morgan fingerprint density at radius 1 is 1.08 bits per heavy atom. The summed E-state index contributed by atoms with van der Waals surface area (Å²) in [6.45, 7) is 9.05. The average molecular weight is 347 g/mol. The van der Waals surface area contributed by atoms with E-state index in [0.29, 0.717) is 12.2 Å². The largest absolute Gasteiger partial charge is 0.379 e. The Morgan fingerprint density at radius 2 is 1.75 bits per heavy atom. The summed E-state index contributed by atoms with van der Waals surface area (Å²) in [5.74, 6) is 0. The molecule has 0 aliphatic carbocycles. The van der Waals surface area contributed by atoms with E-state index in [1.54, 1.807) is 7.05 Å². The molecule has 0 atom stereocenters. The number of hydrogen-bond acceptors (Lipinski definition) is 4. The second kappa shape index (κ2) is 6.89. The van der Waals surface area contributed by atoms with Gasteiger partial charge in [-0.3, -0.25) is 13.9 Å². The summed E-state index contributed by atoms with van der Waals surface area (Å²) >= 11 is 1.83. The van der Waals surface area contributed by atoms with Gasteiger partial charge in [0.1, 0.15) is 0 Å². The number of nitrogens with zero attached hydrogens (tertiary/aromatic N) is 2. The van der Waals surface area contributed by atoms with Crippen LogP contribution in [0.3, 0.4) is 0 Å². The molecule has 0 fully saturated rings. The molecule has 1 heterocycles. The molecule has 1 aromatic carbocycles. The van der Waals surface area contributed by atoms with Crippen molar-refractivity contribution in [2.24, 2.45) is 14.1 Å². The van der Waals surface area contributed by atoms with Crippen LogP contribution in [0.15, 0.2) is 38.8 Å². The number of thioether (sulfide) groups is 1. The number of anilines is 1. The minimum absolute atomic E-state index is 0.170. The van der Waals surface area contributed by atoms with E-state index >= 15 is 0 Å². The molecule has 2 rings (SSSR count). The molecule has 0 radical (unpaired) electrons. The molecule has 24 heavy (non-hydrogen) atoms. The molecule has 2 aromatic rings. The van der Waals surface area contributed by atoms with Gasteiger partial charge in [-0.15, -0.1) is 11.8 Å². The van der Waals surface area contributed by atoms with E-state index < -0.39 is 0 Å². The van der Waals surface area contributed by atoms with Gasteiger partial charge in [0.2, 0.25) is 0 Å². The molecule has 0 aliphatic heterocycles. The van der Waals surface area contributed by atoms with E-state index in [2.05, 4.69) is 45.1 Å². The van der Waals surface area contributed by atoms with Crippen molar-refractivity contribution in [3.05, 3.63) is 56.4 Å².